The Balaban J connectivity index is 2.49. The van der Waals surface area contributed by atoms with Gasteiger partial charge in [-0.1, -0.05) is 46.9 Å². The summed E-state index contributed by atoms with van der Waals surface area (Å²) in [6, 6.07) is 8.69. The van der Waals surface area contributed by atoms with Crippen LogP contribution in [-0.2, 0) is 26.2 Å². The van der Waals surface area contributed by atoms with Gasteiger partial charge in [0, 0.05) is 12.1 Å². The van der Waals surface area contributed by atoms with Gasteiger partial charge in [0.1, 0.15) is 18.3 Å². The molecule has 2 aromatic carbocycles. The minimum atomic E-state index is -3.98. The quantitative estimate of drug-likeness (QED) is 0.433. The second-order valence-electron chi connectivity index (χ2n) is 9.28. The lowest BCUT2D eigenvalue weighted by atomic mass is 10.1. The van der Waals surface area contributed by atoms with E-state index in [4.69, 9.17) is 39.5 Å². The number of hydrogen-bond donors (Lipinski definition) is 1. The third-order valence-electron chi connectivity index (χ3n) is 5.09. The molecule has 0 unspecified atom stereocenters. The Morgan fingerprint density at radius 1 is 1.06 bits per heavy atom. The van der Waals surface area contributed by atoms with E-state index in [1.807, 2.05) is 20.8 Å². The first-order valence-corrected chi connectivity index (χ1v) is 13.9. The molecule has 2 aromatic rings. The molecule has 0 bridgehead atoms. The van der Waals surface area contributed by atoms with Gasteiger partial charge in [0.2, 0.25) is 21.8 Å². The molecule has 2 rings (SSSR count). The highest BCUT2D eigenvalue weighted by atomic mass is 35.5. The monoisotopic (exact) mass is 577 g/mol. The highest BCUT2D eigenvalue weighted by molar-refractivity contribution is 7.92. The van der Waals surface area contributed by atoms with Crippen molar-refractivity contribution >= 4 is 62.3 Å². The van der Waals surface area contributed by atoms with Gasteiger partial charge in [-0.3, -0.25) is 13.9 Å². The third kappa shape index (κ3) is 8.16. The first-order chi connectivity index (χ1) is 16.5. The Morgan fingerprint density at radius 3 is 2.22 bits per heavy atom. The second kappa shape index (κ2) is 11.9. The molecule has 8 nitrogen and oxygen atoms in total. The number of nitrogens with zero attached hydrogens (tertiary/aromatic N) is 2. The minimum Gasteiger partial charge on any atom is -0.497 e. The van der Waals surface area contributed by atoms with Gasteiger partial charge < -0.3 is 15.0 Å². The van der Waals surface area contributed by atoms with Gasteiger partial charge in [-0.05, 0) is 57.5 Å². The molecular weight excluding hydrogens is 549 g/mol. The van der Waals surface area contributed by atoms with Crippen LogP contribution in [0, 0.1) is 0 Å². The molecule has 12 heteroatoms. The van der Waals surface area contributed by atoms with Crippen molar-refractivity contribution in [2.75, 3.05) is 24.2 Å². The van der Waals surface area contributed by atoms with Crippen LogP contribution in [-0.4, -0.2) is 56.6 Å². The number of carbonyl (C=O) groups excluding carboxylic acids is 2. The van der Waals surface area contributed by atoms with E-state index in [1.54, 1.807) is 31.2 Å². The first-order valence-electron chi connectivity index (χ1n) is 10.9. The van der Waals surface area contributed by atoms with E-state index in [2.05, 4.69) is 5.32 Å². The first kappa shape index (κ1) is 30.0. The summed E-state index contributed by atoms with van der Waals surface area (Å²) < 4.78 is 31.5. The van der Waals surface area contributed by atoms with Crippen LogP contribution in [0.15, 0.2) is 36.4 Å². The average molecular weight is 579 g/mol. The Bertz CT molecular complexity index is 1230. The second-order valence-corrected chi connectivity index (χ2v) is 12.4. The Hall–Kier alpha value is -2.20. The maximum absolute atomic E-state index is 13.6. The van der Waals surface area contributed by atoms with Crippen molar-refractivity contribution in [3.05, 3.63) is 57.0 Å². The van der Waals surface area contributed by atoms with E-state index in [1.165, 1.54) is 24.1 Å². The largest absolute Gasteiger partial charge is 0.497 e. The number of halogens is 3. The maximum atomic E-state index is 13.6. The number of sulfonamides is 1. The highest BCUT2D eigenvalue weighted by Crippen LogP contribution is 2.35. The van der Waals surface area contributed by atoms with Crippen molar-refractivity contribution in [3.63, 3.8) is 0 Å². The zero-order valence-corrected chi connectivity index (χ0v) is 24.0. The molecule has 0 heterocycles. The van der Waals surface area contributed by atoms with Gasteiger partial charge in [0.05, 0.1) is 34.1 Å². The van der Waals surface area contributed by atoms with Crippen LogP contribution in [0.5, 0.6) is 5.75 Å². The normalized spacial score (nSPS) is 12.6. The fourth-order valence-corrected chi connectivity index (χ4v) is 4.87. The molecule has 198 valence electrons. The van der Waals surface area contributed by atoms with Crippen molar-refractivity contribution in [3.8, 4) is 5.75 Å². The van der Waals surface area contributed by atoms with Gasteiger partial charge in [-0.25, -0.2) is 8.42 Å². The number of ether oxygens (including phenoxy) is 1. The van der Waals surface area contributed by atoms with E-state index in [0.29, 0.717) is 11.3 Å². The molecule has 0 saturated heterocycles. The van der Waals surface area contributed by atoms with Gasteiger partial charge in [-0.15, -0.1) is 0 Å². The predicted molar refractivity (Wildman–Crippen MR) is 145 cm³/mol. The summed E-state index contributed by atoms with van der Waals surface area (Å²) in [5.41, 5.74) is 0.147. The molecule has 1 N–H and O–H groups in total. The van der Waals surface area contributed by atoms with Gasteiger partial charge >= 0.3 is 0 Å². The Morgan fingerprint density at radius 2 is 1.67 bits per heavy atom. The number of amides is 2. The number of benzene rings is 2. The van der Waals surface area contributed by atoms with Gasteiger partial charge in [-0.2, -0.15) is 0 Å². The van der Waals surface area contributed by atoms with Crippen molar-refractivity contribution in [1.29, 1.82) is 0 Å². The van der Waals surface area contributed by atoms with E-state index in [0.717, 1.165) is 10.6 Å². The lowest BCUT2D eigenvalue weighted by molar-refractivity contribution is -0.140. The number of rotatable bonds is 9. The van der Waals surface area contributed by atoms with Gasteiger partial charge in [0.25, 0.3) is 0 Å². The lowest BCUT2D eigenvalue weighted by Crippen LogP contribution is -2.54. The number of nitrogens with one attached hydrogen (secondary N) is 1. The zero-order chi connectivity index (χ0) is 27.4. The topological polar surface area (TPSA) is 96.0 Å². The molecular formula is C24H30Cl3N3O5S. The predicted octanol–water partition coefficient (Wildman–Crippen LogP) is 4.75. The SMILES string of the molecule is COc1cccc(CN(C(=O)CN(c2cc(Cl)c(Cl)cc2Cl)S(C)(=O)=O)[C@H](C)C(=O)NC(C)(C)C)c1. The van der Waals surface area contributed by atoms with Crippen LogP contribution in [0.4, 0.5) is 5.69 Å². The summed E-state index contributed by atoms with van der Waals surface area (Å²) in [6.07, 6.45) is 0.946. The van der Waals surface area contributed by atoms with Crippen molar-refractivity contribution in [2.24, 2.45) is 0 Å². The molecule has 0 aromatic heterocycles. The zero-order valence-electron chi connectivity index (χ0n) is 20.9. The lowest BCUT2D eigenvalue weighted by Gasteiger charge is -2.33. The van der Waals surface area contributed by atoms with E-state index >= 15 is 0 Å². The molecule has 0 aliphatic heterocycles. The summed E-state index contributed by atoms with van der Waals surface area (Å²) in [7, 11) is -2.46. The summed E-state index contributed by atoms with van der Waals surface area (Å²) in [4.78, 5) is 27.9. The molecule has 0 aliphatic rings. The molecule has 0 saturated carbocycles. The van der Waals surface area contributed by atoms with Crippen LogP contribution >= 0.6 is 34.8 Å². The maximum Gasteiger partial charge on any atom is 0.244 e. The standard InChI is InChI=1S/C24H30Cl3N3O5S/c1-15(23(32)28-24(2,3)4)29(13-16-8-7-9-17(10-16)35-5)22(31)14-30(36(6,33)34)21-12-19(26)18(25)11-20(21)27/h7-12,15H,13-14H2,1-6H3,(H,28,32)/t15-/m1/s1. The Kier molecular flexibility index (Phi) is 9.92. The summed E-state index contributed by atoms with van der Waals surface area (Å²) >= 11 is 18.3. The van der Waals surface area contributed by atoms with Crippen molar-refractivity contribution in [2.45, 2.75) is 45.8 Å². The molecule has 0 radical (unpaired) electrons. The summed E-state index contributed by atoms with van der Waals surface area (Å²) in [6.45, 7) is 6.46. The molecule has 2 amide bonds. The average Bonchev–Trinajstić information content (AvgIpc) is 2.76. The number of hydrogen-bond acceptors (Lipinski definition) is 5. The molecule has 1 atom stereocenters. The molecule has 0 spiro atoms. The molecule has 0 aliphatic carbocycles. The van der Waals surface area contributed by atoms with Gasteiger partial charge in [0.15, 0.2) is 0 Å². The highest BCUT2D eigenvalue weighted by Gasteiger charge is 2.32. The van der Waals surface area contributed by atoms with Crippen LogP contribution in [0.1, 0.15) is 33.3 Å². The van der Waals surface area contributed by atoms with Crippen molar-refractivity contribution in [1.82, 2.24) is 10.2 Å². The van der Waals surface area contributed by atoms with Crippen LogP contribution in [0.3, 0.4) is 0 Å². The molecule has 0 fully saturated rings. The summed E-state index contributed by atoms with van der Waals surface area (Å²) in [5, 5.41) is 3.07. The fourth-order valence-electron chi connectivity index (χ4n) is 3.32. The summed E-state index contributed by atoms with van der Waals surface area (Å²) in [5.74, 6) is -0.439. The van der Waals surface area contributed by atoms with E-state index in [9.17, 15) is 18.0 Å². The third-order valence-corrected chi connectivity index (χ3v) is 7.24. The fraction of sp³-hybridized carbons (Fsp3) is 0.417. The smallest absolute Gasteiger partial charge is 0.244 e. The van der Waals surface area contributed by atoms with E-state index < -0.39 is 40.0 Å². The van der Waals surface area contributed by atoms with E-state index in [-0.39, 0.29) is 27.3 Å². The molecule has 36 heavy (non-hydrogen) atoms. The Labute approximate surface area is 227 Å². The van der Waals surface area contributed by atoms with Crippen LogP contribution in [0.25, 0.3) is 0 Å². The number of anilines is 1. The van der Waals surface area contributed by atoms with Crippen LogP contribution < -0.4 is 14.4 Å². The number of methoxy groups -OCH3 is 1. The minimum absolute atomic E-state index is 0.000458. The van der Waals surface area contributed by atoms with Crippen LogP contribution in [0.2, 0.25) is 15.1 Å². The number of carbonyl (C=O) groups is 2. The van der Waals surface area contributed by atoms with Crippen molar-refractivity contribution < 1.29 is 22.7 Å².